The molecule has 0 saturated carbocycles. The molecule has 6 heteroatoms. The number of nitrogens with zero attached hydrogens (tertiary/aromatic N) is 3. The van der Waals surface area contributed by atoms with Gasteiger partial charge in [0.1, 0.15) is 6.26 Å². The van der Waals surface area contributed by atoms with Crippen LogP contribution in [0.1, 0.15) is 10.5 Å². The lowest BCUT2D eigenvalue weighted by molar-refractivity contribution is 0.0635. The Morgan fingerprint density at radius 3 is 2.75 bits per heavy atom. The minimum Gasteiger partial charge on any atom is -0.364 e. The largest absolute Gasteiger partial charge is 0.364 e. The molecule has 0 N–H and O–H groups in total. The maximum atomic E-state index is 11.9. The monoisotopic (exact) mass is 287 g/mol. The van der Waals surface area contributed by atoms with Crippen molar-refractivity contribution in [3.05, 3.63) is 18.0 Å². The summed E-state index contributed by atoms with van der Waals surface area (Å²) in [6.07, 6.45) is 1.42. The lowest BCUT2D eigenvalue weighted by Gasteiger charge is -2.33. The van der Waals surface area contributed by atoms with Gasteiger partial charge in [-0.25, -0.2) is 0 Å². The summed E-state index contributed by atoms with van der Waals surface area (Å²) in [6.45, 7) is 4.41. The molecular formula is C10H14BrN3O2. The Bertz CT molecular complexity index is 334. The third-order valence-electron chi connectivity index (χ3n) is 2.72. The summed E-state index contributed by atoms with van der Waals surface area (Å²) in [5.74, 6) is -0.0350. The van der Waals surface area contributed by atoms with E-state index >= 15 is 0 Å². The van der Waals surface area contributed by atoms with Crippen LogP contribution in [0.5, 0.6) is 0 Å². The second-order valence-electron chi connectivity index (χ2n) is 3.71. The lowest BCUT2D eigenvalue weighted by Crippen LogP contribution is -2.49. The van der Waals surface area contributed by atoms with Gasteiger partial charge in [-0.15, -0.1) is 0 Å². The molecule has 1 aliphatic rings. The molecular weight excluding hydrogens is 274 g/mol. The van der Waals surface area contributed by atoms with Crippen LogP contribution in [-0.4, -0.2) is 58.9 Å². The number of rotatable bonds is 3. The maximum Gasteiger partial charge on any atom is 0.276 e. The molecule has 1 aliphatic heterocycles. The summed E-state index contributed by atoms with van der Waals surface area (Å²) in [5.41, 5.74) is 0.397. The summed E-state index contributed by atoms with van der Waals surface area (Å²) in [4.78, 5) is 16.1. The van der Waals surface area contributed by atoms with Crippen LogP contribution in [0.25, 0.3) is 0 Å². The molecule has 0 spiro atoms. The number of alkyl halides is 1. The molecule has 2 rings (SSSR count). The molecule has 88 valence electrons. The van der Waals surface area contributed by atoms with Gasteiger partial charge in [0.15, 0.2) is 5.69 Å². The Morgan fingerprint density at radius 1 is 1.44 bits per heavy atom. The Hall–Kier alpha value is -0.880. The third-order valence-corrected chi connectivity index (χ3v) is 3.07. The first-order valence-corrected chi connectivity index (χ1v) is 6.41. The van der Waals surface area contributed by atoms with Gasteiger partial charge in [-0.1, -0.05) is 21.1 Å². The molecule has 1 fully saturated rings. The van der Waals surface area contributed by atoms with E-state index in [1.54, 1.807) is 6.07 Å². The fourth-order valence-electron chi connectivity index (χ4n) is 1.78. The molecule has 0 aliphatic carbocycles. The van der Waals surface area contributed by atoms with Crippen molar-refractivity contribution in [1.82, 2.24) is 15.0 Å². The fourth-order valence-corrected chi connectivity index (χ4v) is 2.28. The summed E-state index contributed by atoms with van der Waals surface area (Å²) < 4.78 is 4.67. The average molecular weight is 288 g/mol. The molecule has 0 bridgehead atoms. The molecule has 0 radical (unpaired) electrons. The quantitative estimate of drug-likeness (QED) is 0.773. The van der Waals surface area contributed by atoms with E-state index in [9.17, 15) is 4.79 Å². The molecule has 1 saturated heterocycles. The average Bonchev–Trinajstić information content (AvgIpc) is 2.83. The Morgan fingerprint density at radius 2 is 2.19 bits per heavy atom. The maximum absolute atomic E-state index is 11.9. The Kier molecular flexibility index (Phi) is 3.95. The highest BCUT2D eigenvalue weighted by atomic mass is 79.9. The van der Waals surface area contributed by atoms with Crippen LogP contribution < -0.4 is 0 Å². The van der Waals surface area contributed by atoms with Gasteiger partial charge in [-0.2, -0.15) is 0 Å². The van der Waals surface area contributed by atoms with E-state index in [1.165, 1.54) is 6.26 Å². The van der Waals surface area contributed by atoms with Crippen molar-refractivity contribution in [2.24, 2.45) is 0 Å². The van der Waals surface area contributed by atoms with Crippen molar-refractivity contribution in [3.8, 4) is 0 Å². The fraction of sp³-hybridized carbons (Fsp3) is 0.600. The highest BCUT2D eigenvalue weighted by Gasteiger charge is 2.23. The van der Waals surface area contributed by atoms with Gasteiger partial charge in [0.05, 0.1) is 0 Å². The summed E-state index contributed by atoms with van der Waals surface area (Å²) in [7, 11) is 0. The van der Waals surface area contributed by atoms with Gasteiger partial charge in [0.2, 0.25) is 0 Å². The van der Waals surface area contributed by atoms with Crippen LogP contribution >= 0.6 is 15.9 Å². The molecule has 5 nitrogen and oxygen atoms in total. The van der Waals surface area contributed by atoms with Crippen LogP contribution in [0.2, 0.25) is 0 Å². The molecule has 1 amide bonds. The third kappa shape index (κ3) is 2.62. The van der Waals surface area contributed by atoms with E-state index in [0.29, 0.717) is 5.69 Å². The molecule has 2 heterocycles. The van der Waals surface area contributed by atoms with Crippen LogP contribution in [0, 0.1) is 0 Å². The number of aromatic nitrogens is 1. The minimum absolute atomic E-state index is 0.0350. The molecule has 0 atom stereocenters. The topological polar surface area (TPSA) is 49.6 Å². The molecule has 0 aromatic carbocycles. The van der Waals surface area contributed by atoms with Crippen LogP contribution in [0.4, 0.5) is 0 Å². The molecule has 1 aromatic rings. The van der Waals surface area contributed by atoms with E-state index in [2.05, 4.69) is 30.5 Å². The Labute approximate surface area is 102 Å². The van der Waals surface area contributed by atoms with Crippen LogP contribution in [0.3, 0.4) is 0 Å². The first-order valence-electron chi connectivity index (χ1n) is 5.29. The predicted octanol–water partition coefficient (Wildman–Crippen LogP) is 0.827. The predicted molar refractivity (Wildman–Crippen MR) is 62.6 cm³/mol. The van der Waals surface area contributed by atoms with Crippen molar-refractivity contribution in [2.75, 3.05) is 38.1 Å². The number of carbonyl (C=O) groups is 1. The van der Waals surface area contributed by atoms with Gasteiger partial charge in [0, 0.05) is 44.1 Å². The number of hydrogen-bond acceptors (Lipinski definition) is 4. The number of piperazine rings is 1. The number of amides is 1. The second kappa shape index (κ2) is 5.45. The van der Waals surface area contributed by atoms with Gasteiger partial charge in [-0.05, 0) is 0 Å². The summed E-state index contributed by atoms with van der Waals surface area (Å²) in [6, 6.07) is 1.60. The van der Waals surface area contributed by atoms with Gasteiger partial charge in [-0.3, -0.25) is 9.69 Å². The van der Waals surface area contributed by atoms with Gasteiger partial charge < -0.3 is 9.42 Å². The highest BCUT2D eigenvalue weighted by Crippen LogP contribution is 2.07. The molecule has 0 unspecified atom stereocenters. The van der Waals surface area contributed by atoms with Crippen LogP contribution in [0.15, 0.2) is 16.9 Å². The number of hydrogen-bond donors (Lipinski definition) is 0. The van der Waals surface area contributed by atoms with Crippen molar-refractivity contribution in [2.45, 2.75) is 0 Å². The van der Waals surface area contributed by atoms with E-state index < -0.39 is 0 Å². The van der Waals surface area contributed by atoms with E-state index in [4.69, 9.17) is 0 Å². The van der Waals surface area contributed by atoms with Crippen molar-refractivity contribution in [1.29, 1.82) is 0 Å². The van der Waals surface area contributed by atoms with Crippen molar-refractivity contribution in [3.63, 3.8) is 0 Å². The summed E-state index contributed by atoms with van der Waals surface area (Å²) >= 11 is 3.42. The number of halogens is 1. The van der Waals surface area contributed by atoms with E-state index in [1.807, 2.05) is 4.90 Å². The smallest absolute Gasteiger partial charge is 0.276 e. The second-order valence-corrected chi connectivity index (χ2v) is 4.50. The zero-order valence-electron chi connectivity index (χ0n) is 8.93. The summed E-state index contributed by atoms with van der Waals surface area (Å²) in [5, 5.41) is 4.64. The van der Waals surface area contributed by atoms with Crippen LogP contribution in [-0.2, 0) is 0 Å². The lowest BCUT2D eigenvalue weighted by atomic mass is 10.3. The van der Waals surface area contributed by atoms with Crippen molar-refractivity contribution < 1.29 is 9.32 Å². The molecule has 16 heavy (non-hydrogen) atoms. The van der Waals surface area contributed by atoms with Gasteiger partial charge in [0.25, 0.3) is 5.91 Å². The zero-order chi connectivity index (χ0) is 11.4. The van der Waals surface area contributed by atoms with E-state index in [0.717, 1.165) is 38.1 Å². The van der Waals surface area contributed by atoms with Crippen molar-refractivity contribution >= 4 is 21.8 Å². The van der Waals surface area contributed by atoms with E-state index in [-0.39, 0.29) is 5.91 Å². The normalized spacial score (nSPS) is 17.7. The first-order chi connectivity index (χ1) is 7.81. The first kappa shape index (κ1) is 11.6. The molecule has 1 aromatic heterocycles. The Balaban J connectivity index is 1.87. The number of carbonyl (C=O) groups excluding carboxylic acids is 1. The van der Waals surface area contributed by atoms with Gasteiger partial charge >= 0.3 is 0 Å². The SMILES string of the molecule is O=C(c1ccon1)N1CCN(CCBr)CC1. The highest BCUT2D eigenvalue weighted by molar-refractivity contribution is 9.09. The zero-order valence-corrected chi connectivity index (χ0v) is 10.5. The minimum atomic E-state index is -0.0350. The standard InChI is InChI=1S/C10H14BrN3O2/c11-2-3-13-4-6-14(7-5-13)10(15)9-1-8-16-12-9/h1,8H,2-7H2.